The minimum atomic E-state index is -0.647. The number of aromatic nitrogens is 2. The second kappa shape index (κ2) is 6.81. The molecule has 3 rings (SSSR count). The van der Waals surface area contributed by atoms with Crippen molar-refractivity contribution >= 4 is 5.97 Å². The molecule has 0 fully saturated rings. The van der Waals surface area contributed by atoms with Crippen molar-refractivity contribution < 1.29 is 19.7 Å². The minimum absolute atomic E-state index is 0.0144. The summed E-state index contributed by atoms with van der Waals surface area (Å²) in [5, 5.41) is 19.5. The van der Waals surface area contributed by atoms with Crippen LogP contribution in [0.2, 0.25) is 0 Å². The molecule has 1 aliphatic rings. The molecule has 0 bridgehead atoms. The molecular weight excluding hydrogens is 348 g/mol. The van der Waals surface area contributed by atoms with Crippen LogP contribution in [0.1, 0.15) is 55.4 Å². The van der Waals surface area contributed by atoms with Crippen LogP contribution in [-0.4, -0.2) is 32.3 Å². The summed E-state index contributed by atoms with van der Waals surface area (Å²) in [7, 11) is 0. The highest BCUT2D eigenvalue weighted by atomic mass is 16.5. The Morgan fingerprint density at radius 3 is 2.67 bits per heavy atom. The maximum atomic E-state index is 12.6. The van der Waals surface area contributed by atoms with Gasteiger partial charge in [-0.1, -0.05) is 20.8 Å². The maximum absolute atomic E-state index is 12.6. The number of pyridine rings is 2. The molecule has 0 aromatic carbocycles. The number of aliphatic hydroxyl groups excluding tert-OH is 1. The number of nitrogens with zero attached hydrogens (tertiary/aromatic N) is 2. The highest BCUT2D eigenvalue weighted by molar-refractivity contribution is 5.89. The molecule has 144 valence electrons. The molecular formula is C20H24N2O5. The number of carbonyl (C=O) groups excluding carboxylic acids is 1. The Morgan fingerprint density at radius 2 is 2.07 bits per heavy atom. The van der Waals surface area contributed by atoms with Crippen LogP contribution in [0.15, 0.2) is 23.1 Å². The van der Waals surface area contributed by atoms with Gasteiger partial charge in [-0.05, 0) is 30.4 Å². The smallest absolute Gasteiger partial charge is 0.343 e. The predicted octanol–water partition coefficient (Wildman–Crippen LogP) is 2.43. The molecule has 2 N–H and O–H groups in total. The quantitative estimate of drug-likeness (QED) is 0.803. The molecule has 1 atom stereocenters. The first kappa shape index (κ1) is 19.1. The van der Waals surface area contributed by atoms with E-state index >= 15 is 0 Å². The zero-order valence-electron chi connectivity index (χ0n) is 15.9. The van der Waals surface area contributed by atoms with Crippen molar-refractivity contribution in [3.8, 4) is 17.1 Å². The number of hydrogen-bond acceptors (Lipinski definition) is 6. The number of carbonyl (C=O) groups is 1. The zero-order chi connectivity index (χ0) is 19.9. The summed E-state index contributed by atoms with van der Waals surface area (Å²) >= 11 is 0. The molecule has 0 saturated heterocycles. The number of aromatic hydroxyl groups is 1. The van der Waals surface area contributed by atoms with E-state index in [1.165, 1.54) is 6.07 Å². The van der Waals surface area contributed by atoms with Gasteiger partial charge in [0, 0.05) is 18.3 Å². The van der Waals surface area contributed by atoms with Gasteiger partial charge in [-0.25, -0.2) is 9.78 Å². The first-order valence-electron chi connectivity index (χ1n) is 8.93. The Balaban J connectivity index is 2.28. The zero-order valence-corrected chi connectivity index (χ0v) is 15.9. The average molecular weight is 372 g/mol. The van der Waals surface area contributed by atoms with Crippen LogP contribution in [0.5, 0.6) is 5.75 Å². The second-order valence-corrected chi connectivity index (χ2v) is 7.77. The topological polar surface area (TPSA) is 102 Å². The number of rotatable bonds is 3. The number of aliphatic hydroxyl groups is 1. The molecule has 7 heteroatoms. The third kappa shape index (κ3) is 3.35. The molecule has 0 radical (unpaired) electrons. The molecule has 7 nitrogen and oxygen atoms in total. The van der Waals surface area contributed by atoms with E-state index in [-0.39, 0.29) is 35.1 Å². The third-order valence-corrected chi connectivity index (χ3v) is 4.87. The van der Waals surface area contributed by atoms with Gasteiger partial charge in [-0.3, -0.25) is 4.79 Å². The highest BCUT2D eigenvalue weighted by Crippen LogP contribution is 2.42. The summed E-state index contributed by atoms with van der Waals surface area (Å²) < 4.78 is 6.90. The number of fused-ring (bicyclic) bond motifs is 3. The van der Waals surface area contributed by atoms with Crippen LogP contribution in [0.3, 0.4) is 0 Å². The first-order valence-corrected chi connectivity index (χ1v) is 8.93. The van der Waals surface area contributed by atoms with Crippen molar-refractivity contribution in [1.29, 1.82) is 0 Å². The summed E-state index contributed by atoms with van der Waals surface area (Å²) in [6.07, 6.45) is 2.12. The van der Waals surface area contributed by atoms with E-state index in [4.69, 9.17) is 4.74 Å². The van der Waals surface area contributed by atoms with Crippen LogP contribution < -0.4 is 5.43 Å². The predicted molar refractivity (Wildman–Crippen MR) is 99.7 cm³/mol. The molecule has 0 amide bonds. The molecule has 27 heavy (non-hydrogen) atoms. The van der Waals surface area contributed by atoms with Crippen molar-refractivity contribution in [3.05, 3.63) is 45.4 Å². The maximum Gasteiger partial charge on any atom is 0.343 e. The lowest BCUT2D eigenvalue weighted by atomic mass is 9.79. The van der Waals surface area contributed by atoms with Crippen LogP contribution in [0.25, 0.3) is 11.4 Å². The molecule has 3 heterocycles. The van der Waals surface area contributed by atoms with Gasteiger partial charge in [-0.15, -0.1) is 0 Å². The van der Waals surface area contributed by atoms with Gasteiger partial charge in [-0.2, -0.15) is 0 Å². The van der Waals surface area contributed by atoms with Crippen molar-refractivity contribution in [2.45, 2.75) is 46.8 Å². The molecule has 0 saturated carbocycles. The molecule has 0 spiro atoms. The van der Waals surface area contributed by atoms with Crippen LogP contribution in [0, 0.1) is 5.41 Å². The Hall–Kier alpha value is -2.67. The van der Waals surface area contributed by atoms with Crippen LogP contribution >= 0.6 is 0 Å². The fraction of sp³-hybridized carbons (Fsp3) is 0.450. The van der Waals surface area contributed by atoms with E-state index in [1.54, 1.807) is 19.2 Å². The van der Waals surface area contributed by atoms with Gasteiger partial charge >= 0.3 is 5.97 Å². The van der Waals surface area contributed by atoms with E-state index in [9.17, 15) is 19.8 Å². The number of esters is 1. The summed E-state index contributed by atoms with van der Waals surface area (Å²) in [6.45, 7) is 7.69. The summed E-state index contributed by atoms with van der Waals surface area (Å²) in [4.78, 5) is 29.1. The summed E-state index contributed by atoms with van der Waals surface area (Å²) in [6, 6.07) is 2.92. The van der Waals surface area contributed by atoms with Crippen LogP contribution in [0.4, 0.5) is 0 Å². The van der Waals surface area contributed by atoms with Gasteiger partial charge in [0.1, 0.15) is 17.0 Å². The van der Waals surface area contributed by atoms with Crippen molar-refractivity contribution in [1.82, 2.24) is 9.55 Å². The third-order valence-electron chi connectivity index (χ3n) is 4.87. The molecule has 1 aliphatic heterocycles. The monoisotopic (exact) mass is 372 g/mol. The van der Waals surface area contributed by atoms with Crippen molar-refractivity contribution in [3.63, 3.8) is 0 Å². The minimum Gasteiger partial charge on any atom is -0.506 e. The van der Waals surface area contributed by atoms with E-state index in [2.05, 4.69) is 25.8 Å². The number of hydrogen-bond donors (Lipinski definition) is 2. The normalized spacial score (nSPS) is 15.8. The summed E-state index contributed by atoms with van der Waals surface area (Å²) in [5.74, 6) is -0.714. The van der Waals surface area contributed by atoms with Crippen LogP contribution in [-0.2, 0) is 17.8 Å². The fourth-order valence-electron chi connectivity index (χ4n) is 3.46. The Morgan fingerprint density at radius 1 is 1.37 bits per heavy atom. The molecule has 2 aromatic rings. The Bertz CT molecular complexity index is 956. The van der Waals surface area contributed by atoms with E-state index in [0.29, 0.717) is 17.8 Å². The van der Waals surface area contributed by atoms with E-state index in [0.717, 1.165) is 5.56 Å². The number of ether oxygens (including phenoxy) is 1. The van der Waals surface area contributed by atoms with Gasteiger partial charge in [0.15, 0.2) is 5.43 Å². The SMILES string of the molecule is CCOC(=O)c1cn2c(cc1=O)-c1nc(CO)c(O)cc1CC2C(C)(C)C. The fourth-order valence-corrected chi connectivity index (χ4v) is 3.46. The lowest BCUT2D eigenvalue weighted by molar-refractivity contribution is 0.0523. The first-order chi connectivity index (χ1) is 12.7. The van der Waals surface area contributed by atoms with Gasteiger partial charge in [0.2, 0.25) is 0 Å². The van der Waals surface area contributed by atoms with Gasteiger partial charge in [0.05, 0.1) is 24.6 Å². The van der Waals surface area contributed by atoms with Crippen molar-refractivity contribution in [2.75, 3.05) is 6.61 Å². The lowest BCUT2D eigenvalue weighted by Crippen LogP contribution is -2.33. The Labute approximate surface area is 157 Å². The lowest BCUT2D eigenvalue weighted by Gasteiger charge is -2.38. The Kier molecular flexibility index (Phi) is 4.82. The molecule has 1 unspecified atom stereocenters. The van der Waals surface area contributed by atoms with Gasteiger partial charge in [0.25, 0.3) is 0 Å². The van der Waals surface area contributed by atoms with Crippen molar-refractivity contribution in [2.24, 2.45) is 5.41 Å². The summed E-state index contributed by atoms with van der Waals surface area (Å²) in [5.41, 5.74) is 1.40. The van der Waals surface area contributed by atoms with Gasteiger partial charge < -0.3 is 19.5 Å². The largest absolute Gasteiger partial charge is 0.506 e. The average Bonchev–Trinajstić information content (AvgIpc) is 2.59. The highest BCUT2D eigenvalue weighted by Gasteiger charge is 2.34. The second-order valence-electron chi connectivity index (χ2n) is 7.77. The molecule has 2 aromatic heterocycles. The van der Waals surface area contributed by atoms with E-state index in [1.807, 2.05) is 4.57 Å². The standard InChI is InChI=1S/C20H24N2O5/c1-5-27-19(26)12-9-22-14(8-15(12)24)18-11(7-17(22)20(2,3)4)6-16(25)13(10-23)21-18/h6,8-9,17,23,25H,5,7,10H2,1-4H3. The van der Waals surface area contributed by atoms with E-state index < -0.39 is 18.0 Å². The molecule has 0 aliphatic carbocycles.